The molecule has 0 unspecified atom stereocenters. The zero-order valence-electron chi connectivity index (χ0n) is 14.6. The maximum absolute atomic E-state index is 12.8. The van der Waals surface area contributed by atoms with Crippen LogP contribution in [0.4, 0.5) is 13.2 Å². The van der Waals surface area contributed by atoms with E-state index in [4.69, 9.17) is 4.74 Å². The predicted octanol–water partition coefficient (Wildman–Crippen LogP) is 3.43. The molecule has 1 amide bonds. The number of hydrogen-bond donors (Lipinski definition) is 0. The molecule has 3 rings (SSSR count). The van der Waals surface area contributed by atoms with Gasteiger partial charge in [-0.1, -0.05) is 6.07 Å². The minimum Gasteiger partial charge on any atom is -0.490 e. The summed E-state index contributed by atoms with van der Waals surface area (Å²) in [6, 6.07) is 4.88. The molecular weight excluding hydrogens is 347 g/mol. The molecule has 2 aromatic rings. The van der Waals surface area contributed by atoms with Gasteiger partial charge in [0.1, 0.15) is 11.9 Å². The van der Waals surface area contributed by atoms with Gasteiger partial charge < -0.3 is 9.64 Å². The van der Waals surface area contributed by atoms with Crippen molar-refractivity contribution in [2.75, 3.05) is 13.1 Å². The van der Waals surface area contributed by atoms with Crippen molar-refractivity contribution in [2.24, 2.45) is 7.05 Å². The molecule has 1 fully saturated rings. The van der Waals surface area contributed by atoms with Gasteiger partial charge in [0.2, 0.25) is 0 Å². The predicted molar refractivity (Wildman–Crippen MR) is 88.9 cm³/mol. The number of aryl methyl sites for hydroxylation is 2. The largest absolute Gasteiger partial charge is 0.490 e. The van der Waals surface area contributed by atoms with E-state index in [1.54, 1.807) is 29.7 Å². The average molecular weight is 367 g/mol. The Bertz CT molecular complexity index is 793. The minimum atomic E-state index is -4.39. The molecule has 8 heteroatoms. The molecule has 0 saturated carbocycles. The van der Waals surface area contributed by atoms with Crippen molar-refractivity contribution in [1.29, 1.82) is 0 Å². The summed E-state index contributed by atoms with van der Waals surface area (Å²) in [6.45, 7) is 2.78. The van der Waals surface area contributed by atoms with Crippen LogP contribution in [0.15, 0.2) is 30.5 Å². The van der Waals surface area contributed by atoms with Crippen LogP contribution in [-0.4, -0.2) is 39.8 Å². The van der Waals surface area contributed by atoms with E-state index in [2.05, 4.69) is 5.10 Å². The van der Waals surface area contributed by atoms with Crippen LogP contribution in [0.1, 0.15) is 34.5 Å². The van der Waals surface area contributed by atoms with Gasteiger partial charge >= 0.3 is 6.18 Å². The van der Waals surface area contributed by atoms with Crippen molar-refractivity contribution >= 4 is 5.91 Å². The molecule has 1 aliphatic heterocycles. The molecule has 1 aromatic carbocycles. The number of carbonyl (C=O) groups excluding carboxylic acids is 1. The minimum absolute atomic E-state index is 0.0758. The van der Waals surface area contributed by atoms with E-state index in [-0.39, 0.29) is 17.8 Å². The van der Waals surface area contributed by atoms with Crippen molar-refractivity contribution in [3.05, 3.63) is 47.3 Å². The van der Waals surface area contributed by atoms with E-state index in [0.717, 1.165) is 12.1 Å². The van der Waals surface area contributed by atoms with E-state index in [1.807, 2.05) is 0 Å². The molecule has 1 aromatic heterocycles. The SMILES string of the molecule is Cc1nn(C)cc1C(=O)N1CCC(Oc2cccc(C(F)(F)F)c2)CC1. The average Bonchev–Trinajstić information content (AvgIpc) is 2.93. The van der Waals surface area contributed by atoms with Gasteiger partial charge in [-0.3, -0.25) is 9.48 Å². The summed E-state index contributed by atoms with van der Waals surface area (Å²) in [5.74, 6) is 0.126. The van der Waals surface area contributed by atoms with Gasteiger partial charge in [-0.2, -0.15) is 18.3 Å². The third-order valence-corrected chi connectivity index (χ3v) is 4.44. The monoisotopic (exact) mass is 367 g/mol. The molecule has 1 saturated heterocycles. The standard InChI is InChI=1S/C18H20F3N3O2/c1-12-16(11-23(2)22-12)17(25)24-8-6-14(7-9-24)26-15-5-3-4-13(10-15)18(19,20)21/h3-5,10-11,14H,6-9H2,1-2H3. The van der Waals surface area contributed by atoms with Crippen molar-refractivity contribution in [1.82, 2.24) is 14.7 Å². The van der Waals surface area contributed by atoms with Crippen LogP contribution in [-0.2, 0) is 13.2 Å². The zero-order valence-corrected chi connectivity index (χ0v) is 14.6. The third kappa shape index (κ3) is 4.00. The first-order valence-corrected chi connectivity index (χ1v) is 8.37. The summed E-state index contributed by atoms with van der Waals surface area (Å²) in [5, 5.41) is 4.18. The Morgan fingerprint density at radius 1 is 1.27 bits per heavy atom. The number of aromatic nitrogens is 2. The van der Waals surface area contributed by atoms with Crippen LogP contribution in [0, 0.1) is 6.92 Å². The summed E-state index contributed by atoms with van der Waals surface area (Å²) >= 11 is 0. The Morgan fingerprint density at radius 3 is 2.54 bits per heavy atom. The van der Waals surface area contributed by atoms with Crippen LogP contribution in [0.2, 0.25) is 0 Å². The van der Waals surface area contributed by atoms with Crippen molar-refractivity contribution < 1.29 is 22.7 Å². The molecule has 0 aliphatic carbocycles. The fraction of sp³-hybridized carbons (Fsp3) is 0.444. The van der Waals surface area contributed by atoms with Crippen LogP contribution in [0.25, 0.3) is 0 Å². The topological polar surface area (TPSA) is 47.4 Å². The first kappa shape index (κ1) is 18.3. The summed E-state index contributed by atoms with van der Waals surface area (Å²) in [6.07, 6.45) is -1.76. The fourth-order valence-electron chi connectivity index (χ4n) is 3.09. The highest BCUT2D eigenvalue weighted by Gasteiger charge is 2.31. The normalized spacial score (nSPS) is 16.0. The Hall–Kier alpha value is -2.51. The second kappa shape index (κ2) is 7.01. The van der Waals surface area contributed by atoms with Gasteiger partial charge in [0.15, 0.2) is 0 Å². The van der Waals surface area contributed by atoms with E-state index in [0.29, 0.717) is 37.2 Å². The second-order valence-electron chi connectivity index (χ2n) is 6.44. The fourth-order valence-corrected chi connectivity index (χ4v) is 3.09. The molecule has 0 atom stereocenters. The Kier molecular flexibility index (Phi) is 4.93. The lowest BCUT2D eigenvalue weighted by molar-refractivity contribution is -0.137. The Labute approximate surface area is 149 Å². The number of benzene rings is 1. The van der Waals surface area contributed by atoms with E-state index in [9.17, 15) is 18.0 Å². The smallest absolute Gasteiger partial charge is 0.416 e. The van der Waals surface area contributed by atoms with Gasteiger partial charge in [-0.05, 0) is 25.1 Å². The maximum atomic E-state index is 12.8. The number of rotatable bonds is 3. The van der Waals surface area contributed by atoms with Crippen molar-refractivity contribution in [3.8, 4) is 5.75 Å². The number of piperidine rings is 1. The number of halogens is 3. The van der Waals surface area contributed by atoms with Crippen LogP contribution in [0.5, 0.6) is 5.75 Å². The Morgan fingerprint density at radius 2 is 1.96 bits per heavy atom. The molecule has 0 N–H and O–H groups in total. The number of likely N-dealkylation sites (tertiary alicyclic amines) is 1. The lowest BCUT2D eigenvalue weighted by Crippen LogP contribution is -2.41. The summed E-state index contributed by atoms with van der Waals surface area (Å²) in [7, 11) is 1.76. The lowest BCUT2D eigenvalue weighted by Gasteiger charge is -2.32. The summed E-state index contributed by atoms with van der Waals surface area (Å²) in [5.41, 5.74) is 0.527. The Balaban J connectivity index is 1.59. The summed E-state index contributed by atoms with van der Waals surface area (Å²) in [4.78, 5) is 14.3. The van der Waals surface area contributed by atoms with Gasteiger partial charge in [0.25, 0.3) is 5.91 Å². The van der Waals surface area contributed by atoms with Crippen LogP contribution in [0.3, 0.4) is 0 Å². The molecular formula is C18H20F3N3O2. The number of alkyl halides is 3. The third-order valence-electron chi connectivity index (χ3n) is 4.44. The quantitative estimate of drug-likeness (QED) is 0.835. The summed E-state index contributed by atoms with van der Waals surface area (Å²) < 4.78 is 45.6. The molecule has 26 heavy (non-hydrogen) atoms. The number of ether oxygens (including phenoxy) is 1. The van der Waals surface area contributed by atoms with Crippen LogP contribution >= 0.6 is 0 Å². The molecule has 0 radical (unpaired) electrons. The molecule has 0 spiro atoms. The first-order valence-electron chi connectivity index (χ1n) is 8.37. The zero-order chi connectivity index (χ0) is 18.9. The number of carbonyl (C=O) groups is 1. The highest BCUT2D eigenvalue weighted by Crippen LogP contribution is 2.32. The molecule has 0 bridgehead atoms. The van der Waals surface area contributed by atoms with E-state index in [1.165, 1.54) is 12.1 Å². The number of amides is 1. The molecule has 2 heterocycles. The first-order chi connectivity index (χ1) is 12.2. The van der Waals surface area contributed by atoms with Crippen molar-refractivity contribution in [2.45, 2.75) is 32.0 Å². The van der Waals surface area contributed by atoms with Crippen molar-refractivity contribution in [3.63, 3.8) is 0 Å². The maximum Gasteiger partial charge on any atom is 0.416 e. The highest BCUT2D eigenvalue weighted by atomic mass is 19.4. The molecule has 1 aliphatic rings. The number of nitrogens with zero attached hydrogens (tertiary/aromatic N) is 3. The van der Waals surface area contributed by atoms with Gasteiger partial charge in [0, 0.05) is 39.2 Å². The van der Waals surface area contributed by atoms with Gasteiger partial charge in [-0.25, -0.2) is 0 Å². The van der Waals surface area contributed by atoms with Gasteiger partial charge in [0.05, 0.1) is 16.8 Å². The highest BCUT2D eigenvalue weighted by molar-refractivity contribution is 5.95. The van der Waals surface area contributed by atoms with E-state index < -0.39 is 11.7 Å². The second-order valence-corrected chi connectivity index (χ2v) is 6.44. The molecule has 5 nitrogen and oxygen atoms in total. The van der Waals surface area contributed by atoms with Crippen LogP contribution < -0.4 is 4.74 Å². The van der Waals surface area contributed by atoms with Gasteiger partial charge in [-0.15, -0.1) is 0 Å². The number of hydrogen-bond acceptors (Lipinski definition) is 3. The van der Waals surface area contributed by atoms with E-state index >= 15 is 0 Å². The molecule has 140 valence electrons. The lowest BCUT2D eigenvalue weighted by atomic mass is 10.1.